The summed E-state index contributed by atoms with van der Waals surface area (Å²) in [4.78, 5) is 36.6. The van der Waals surface area contributed by atoms with Crippen LogP contribution < -0.4 is 0 Å². The van der Waals surface area contributed by atoms with Crippen LogP contribution in [0.3, 0.4) is 0 Å². The second-order valence-corrected chi connectivity index (χ2v) is 10.3. The molecule has 4 aromatic rings. The summed E-state index contributed by atoms with van der Waals surface area (Å²) >= 11 is 0. The summed E-state index contributed by atoms with van der Waals surface area (Å²) in [7, 11) is -4.18. The first-order valence-corrected chi connectivity index (χ1v) is 13.7. The van der Waals surface area contributed by atoms with Crippen LogP contribution in [-0.2, 0) is 27.9 Å². The molecule has 0 spiro atoms. The summed E-state index contributed by atoms with van der Waals surface area (Å²) in [6.07, 6.45) is 1.17. The zero-order valence-electron chi connectivity index (χ0n) is 21.5. The summed E-state index contributed by atoms with van der Waals surface area (Å²) < 4.78 is 34.2. The van der Waals surface area contributed by atoms with Gasteiger partial charge in [-0.25, -0.2) is 14.7 Å². The summed E-state index contributed by atoms with van der Waals surface area (Å²) in [6, 6.07) is 24.8. The third kappa shape index (κ3) is 7.19. The van der Waals surface area contributed by atoms with Gasteiger partial charge in [-0.1, -0.05) is 78.9 Å². The molecule has 4 rings (SSSR count). The predicted octanol–water partition coefficient (Wildman–Crippen LogP) is 5.90. The van der Waals surface area contributed by atoms with Gasteiger partial charge in [0, 0.05) is 12.7 Å². The first-order chi connectivity index (χ1) is 19.3. The van der Waals surface area contributed by atoms with Gasteiger partial charge >= 0.3 is 19.5 Å². The van der Waals surface area contributed by atoms with Gasteiger partial charge in [-0.15, -0.1) is 0 Å². The van der Waals surface area contributed by atoms with E-state index in [0.717, 1.165) is 23.5 Å². The zero-order chi connectivity index (χ0) is 28.5. The molecule has 40 heavy (non-hydrogen) atoms. The number of hydroxylamine groups is 2. The van der Waals surface area contributed by atoms with Gasteiger partial charge in [-0.2, -0.15) is 0 Å². The molecule has 0 aliphatic rings. The van der Waals surface area contributed by atoms with Crippen LogP contribution in [0, 0.1) is 0 Å². The highest BCUT2D eigenvalue weighted by Crippen LogP contribution is 2.49. The first-order valence-electron chi connectivity index (χ1n) is 12.1. The number of nitrogens with zero attached hydrogens (tertiary/aromatic N) is 1. The van der Waals surface area contributed by atoms with E-state index in [1.807, 2.05) is 36.4 Å². The number of amides is 1. The highest BCUT2D eigenvalue weighted by molar-refractivity contribution is 7.57. The average Bonchev–Trinajstić information content (AvgIpc) is 2.96. The van der Waals surface area contributed by atoms with Crippen LogP contribution in [0.4, 0.5) is 0 Å². The Hall–Kier alpha value is -4.34. The van der Waals surface area contributed by atoms with Gasteiger partial charge in [0.25, 0.3) is 0 Å². The molecule has 1 N–H and O–H groups in total. The van der Waals surface area contributed by atoms with E-state index in [9.17, 15) is 24.2 Å². The molecule has 0 fully saturated rings. The van der Waals surface area contributed by atoms with E-state index in [0.29, 0.717) is 15.8 Å². The van der Waals surface area contributed by atoms with Crippen LogP contribution in [-0.4, -0.2) is 48.2 Å². The highest BCUT2D eigenvalue weighted by atomic mass is 31.2. The van der Waals surface area contributed by atoms with E-state index in [2.05, 4.69) is 0 Å². The molecule has 0 saturated carbocycles. The van der Waals surface area contributed by atoms with Gasteiger partial charge in [0.2, 0.25) is 19.5 Å². The summed E-state index contributed by atoms with van der Waals surface area (Å²) in [5.41, 5.74) is 0.573. The van der Waals surface area contributed by atoms with Crippen molar-refractivity contribution < 1.29 is 42.7 Å². The standard InChI is InChI=1S/C29H26NO9P/c1-21(31)30(34)17-8-18-40(35,38-19-36-28(32)26-15-6-11-22-9-2-4-13-24(22)26)39-20-37-29(33)27-16-7-12-23-10-3-5-14-25(23)27/h2-16,18,34H,17,19-20H2,1H3/b18-8+. The molecule has 0 aliphatic heterocycles. The number of esters is 2. The molecular formula is C29H26NO9P. The maximum absolute atomic E-state index is 13.3. The van der Waals surface area contributed by atoms with Crippen molar-refractivity contribution in [3.63, 3.8) is 0 Å². The number of fused-ring (bicyclic) bond motifs is 2. The van der Waals surface area contributed by atoms with Gasteiger partial charge in [-0.3, -0.25) is 23.6 Å². The third-order valence-corrected chi connectivity index (χ3v) is 7.30. The topological polar surface area (TPSA) is 129 Å². The number of hydrogen-bond acceptors (Lipinski definition) is 9. The lowest BCUT2D eigenvalue weighted by Crippen LogP contribution is -2.24. The SMILES string of the molecule is CC(=O)N(O)C/C=C/P(=O)(OCOC(=O)c1cccc2ccccc12)OCOC(=O)c1cccc2ccccc12. The third-order valence-electron chi connectivity index (χ3n) is 5.79. The summed E-state index contributed by atoms with van der Waals surface area (Å²) in [5, 5.41) is 13.0. The minimum Gasteiger partial charge on any atom is -0.434 e. The Labute approximate surface area is 229 Å². The van der Waals surface area contributed by atoms with Crippen molar-refractivity contribution >= 4 is 47.0 Å². The molecule has 0 aliphatic carbocycles. The van der Waals surface area contributed by atoms with E-state index in [1.165, 1.54) is 6.08 Å². The first kappa shape index (κ1) is 28.7. The van der Waals surface area contributed by atoms with Crippen LogP contribution >= 0.6 is 7.60 Å². The second-order valence-electron chi connectivity index (χ2n) is 8.44. The van der Waals surface area contributed by atoms with Crippen LogP contribution in [0.2, 0.25) is 0 Å². The van der Waals surface area contributed by atoms with Crippen molar-refractivity contribution in [3.05, 3.63) is 108 Å². The van der Waals surface area contributed by atoms with Crippen molar-refractivity contribution in [3.8, 4) is 0 Å². The van der Waals surface area contributed by atoms with Crippen molar-refractivity contribution in [1.82, 2.24) is 5.06 Å². The van der Waals surface area contributed by atoms with E-state index in [-0.39, 0.29) is 17.7 Å². The Morgan fingerprint density at radius 3 is 1.68 bits per heavy atom. The Bertz CT molecular complexity index is 1510. The monoisotopic (exact) mass is 563 g/mol. The Morgan fingerprint density at radius 1 is 0.750 bits per heavy atom. The number of carbonyl (C=O) groups is 3. The van der Waals surface area contributed by atoms with Gasteiger partial charge in [0.15, 0.2) is 0 Å². The highest BCUT2D eigenvalue weighted by Gasteiger charge is 2.24. The van der Waals surface area contributed by atoms with Crippen LogP contribution in [0.1, 0.15) is 27.6 Å². The molecular weight excluding hydrogens is 537 g/mol. The molecule has 0 saturated heterocycles. The molecule has 4 aromatic carbocycles. The number of ether oxygens (including phenoxy) is 2. The molecule has 0 radical (unpaired) electrons. The average molecular weight is 563 g/mol. The molecule has 11 heteroatoms. The molecule has 0 unspecified atom stereocenters. The summed E-state index contributed by atoms with van der Waals surface area (Å²) in [6.45, 7) is -0.690. The van der Waals surface area contributed by atoms with E-state index < -0.39 is 39.0 Å². The number of benzene rings is 4. The van der Waals surface area contributed by atoms with Crippen LogP contribution in [0.15, 0.2) is 96.8 Å². The van der Waals surface area contributed by atoms with Crippen LogP contribution in [0.25, 0.3) is 21.5 Å². The van der Waals surface area contributed by atoms with Gasteiger partial charge in [0.1, 0.15) is 0 Å². The van der Waals surface area contributed by atoms with Crippen LogP contribution in [0.5, 0.6) is 0 Å². The van der Waals surface area contributed by atoms with Gasteiger partial charge in [-0.05, 0) is 33.7 Å². The fourth-order valence-electron chi connectivity index (χ4n) is 3.80. The minimum absolute atomic E-state index is 0.286. The lowest BCUT2D eigenvalue weighted by Gasteiger charge is -2.16. The second kappa shape index (κ2) is 13.1. The van der Waals surface area contributed by atoms with E-state index in [4.69, 9.17) is 18.5 Å². The lowest BCUT2D eigenvalue weighted by atomic mass is 10.1. The largest absolute Gasteiger partial charge is 0.434 e. The van der Waals surface area contributed by atoms with E-state index >= 15 is 0 Å². The maximum atomic E-state index is 13.3. The molecule has 10 nitrogen and oxygen atoms in total. The maximum Gasteiger partial charge on any atom is 0.359 e. The number of hydrogen-bond donors (Lipinski definition) is 1. The van der Waals surface area contributed by atoms with Gasteiger partial charge in [0.05, 0.1) is 17.7 Å². The zero-order valence-corrected chi connectivity index (χ0v) is 22.4. The quantitative estimate of drug-likeness (QED) is 0.0780. The van der Waals surface area contributed by atoms with Crippen molar-refractivity contribution in [2.75, 3.05) is 20.1 Å². The van der Waals surface area contributed by atoms with Crippen molar-refractivity contribution in [2.24, 2.45) is 0 Å². The lowest BCUT2D eigenvalue weighted by molar-refractivity contribution is -0.160. The molecule has 0 heterocycles. The normalized spacial score (nSPS) is 11.6. The van der Waals surface area contributed by atoms with E-state index in [1.54, 1.807) is 48.5 Å². The fraction of sp³-hybridized carbons (Fsp3) is 0.138. The summed E-state index contributed by atoms with van der Waals surface area (Å²) in [5.74, 6) is -1.11. The van der Waals surface area contributed by atoms with Crippen molar-refractivity contribution in [1.29, 1.82) is 0 Å². The number of carbonyl (C=O) groups excluding carboxylic acids is 3. The predicted molar refractivity (Wildman–Crippen MR) is 147 cm³/mol. The molecule has 0 bridgehead atoms. The smallest absolute Gasteiger partial charge is 0.359 e. The molecule has 0 atom stereocenters. The Balaban J connectivity index is 1.41. The Kier molecular flexibility index (Phi) is 9.42. The number of rotatable bonds is 11. The molecule has 1 amide bonds. The van der Waals surface area contributed by atoms with Crippen molar-refractivity contribution in [2.45, 2.75) is 6.92 Å². The molecule has 0 aromatic heterocycles. The fourth-order valence-corrected chi connectivity index (χ4v) is 4.80. The molecule has 206 valence electrons. The minimum atomic E-state index is -4.18. The Morgan fingerprint density at radius 2 is 1.20 bits per heavy atom. The van der Waals surface area contributed by atoms with Gasteiger partial charge < -0.3 is 9.47 Å².